The van der Waals surface area contributed by atoms with Crippen LogP contribution in [0.5, 0.6) is 0 Å². The van der Waals surface area contributed by atoms with Gasteiger partial charge in [0.1, 0.15) is 0 Å². The number of nitrogens with zero attached hydrogens (tertiary/aromatic N) is 3. The lowest BCUT2D eigenvalue weighted by atomic mass is 10.1. The Labute approximate surface area is 150 Å². The van der Waals surface area contributed by atoms with E-state index in [2.05, 4.69) is 53.1 Å². The molecule has 1 fully saturated rings. The molecular formula is C21H27N3O. The van der Waals surface area contributed by atoms with Gasteiger partial charge in [-0.3, -0.25) is 4.79 Å². The van der Waals surface area contributed by atoms with Crippen LogP contribution in [0.1, 0.15) is 11.1 Å². The first-order valence-corrected chi connectivity index (χ1v) is 8.89. The molecule has 0 bridgehead atoms. The number of carbonyl (C=O) groups excluding carboxylic acids is 1. The molecule has 4 heteroatoms. The van der Waals surface area contributed by atoms with Crippen molar-refractivity contribution in [2.45, 2.75) is 13.3 Å². The van der Waals surface area contributed by atoms with Crippen LogP contribution in [0.3, 0.4) is 0 Å². The average molecular weight is 337 g/mol. The van der Waals surface area contributed by atoms with Crippen molar-refractivity contribution in [3.05, 3.63) is 59.7 Å². The van der Waals surface area contributed by atoms with Gasteiger partial charge in [-0.25, -0.2) is 0 Å². The van der Waals surface area contributed by atoms with Crippen LogP contribution in [0.2, 0.25) is 0 Å². The Kier molecular flexibility index (Phi) is 5.27. The minimum Gasteiger partial charge on any atom is -0.378 e. The predicted octanol–water partition coefficient (Wildman–Crippen LogP) is 2.95. The van der Waals surface area contributed by atoms with Crippen molar-refractivity contribution in [3.63, 3.8) is 0 Å². The largest absolute Gasteiger partial charge is 0.378 e. The van der Waals surface area contributed by atoms with Gasteiger partial charge in [-0.2, -0.15) is 0 Å². The normalized spacial score (nSPS) is 14.5. The van der Waals surface area contributed by atoms with E-state index in [4.69, 9.17) is 0 Å². The average Bonchev–Trinajstić information content (AvgIpc) is 2.64. The second-order valence-corrected chi connectivity index (χ2v) is 6.88. The van der Waals surface area contributed by atoms with Crippen LogP contribution < -0.4 is 9.80 Å². The quantitative estimate of drug-likeness (QED) is 0.858. The molecule has 0 N–H and O–H groups in total. The fraction of sp³-hybridized carbons (Fsp3) is 0.381. The van der Waals surface area contributed by atoms with E-state index in [0.29, 0.717) is 6.42 Å². The molecule has 0 aromatic heterocycles. The van der Waals surface area contributed by atoms with Crippen molar-refractivity contribution >= 4 is 17.3 Å². The van der Waals surface area contributed by atoms with Gasteiger partial charge < -0.3 is 14.7 Å². The summed E-state index contributed by atoms with van der Waals surface area (Å²) in [5.41, 5.74) is 4.76. The molecule has 1 amide bonds. The van der Waals surface area contributed by atoms with Crippen molar-refractivity contribution in [1.82, 2.24) is 4.90 Å². The summed E-state index contributed by atoms with van der Waals surface area (Å²) in [7, 11) is 4.10. The fourth-order valence-electron chi connectivity index (χ4n) is 3.26. The van der Waals surface area contributed by atoms with E-state index < -0.39 is 0 Å². The van der Waals surface area contributed by atoms with Crippen LogP contribution in [-0.2, 0) is 11.2 Å². The smallest absolute Gasteiger partial charge is 0.227 e. The second kappa shape index (κ2) is 7.60. The summed E-state index contributed by atoms with van der Waals surface area (Å²) in [5.74, 6) is 0.233. The van der Waals surface area contributed by atoms with Crippen LogP contribution >= 0.6 is 0 Å². The van der Waals surface area contributed by atoms with E-state index in [1.807, 2.05) is 31.1 Å². The number of rotatable bonds is 4. The van der Waals surface area contributed by atoms with Gasteiger partial charge in [0.05, 0.1) is 6.42 Å². The van der Waals surface area contributed by atoms with Gasteiger partial charge in [0.25, 0.3) is 0 Å². The maximum absolute atomic E-state index is 12.6. The highest BCUT2D eigenvalue weighted by molar-refractivity contribution is 5.79. The summed E-state index contributed by atoms with van der Waals surface area (Å²) in [6, 6.07) is 16.8. The maximum Gasteiger partial charge on any atom is 0.227 e. The van der Waals surface area contributed by atoms with Crippen molar-refractivity contribution in [2.75, 3.05) is 50.1 Å². The van der Waals surface area contributed by atoms with Gasteiger partial charge in [-0.15, -0.1) is 0 Å². The lowest BCUT2D eigenvalue weighted by Crippen LogP contribution is -2.49. The Morgan fingerprint density at radius 3 is 2.20 bits per heavy atom. The fourth-order valence-corrected chi connectivity index (χ4v) is 3.26. The van der Waals surface area contributed by atoms with E-state index in [0.717, 1.165) is 31.7 Å². The van der Waals surface area contributed by atoms with Crippen LogP contribution in [0.4, 0.5) is 11.4 Å². The molecular weight excluding hydrogens is 310 g/mol. The third-order valence-corrected chi connectivity index (χ3v) is 4.97. The number of carbonyl (C=O) groups is 1. The highest BCUT2D eigenvalue weighted by Gasteiger charge is 2.21. The first-order chi connectivity index (χ1) is 12.0. The Bertz CT molecular complexity index is 716. The molecule has 1 aliphatic rings. The van der Waals surface area contributed by atoms with Crippen LogP contribution in [0.15, 0.2) is 48.5 Å². The van der Waals surface area contributed by atoms with Crippen molar-refractivity contribution in [2.24, 2.45) is 0 Å². The molecule has 1 aliphatic heterocycles. The minimum absolute atomic E-state index is 0.233. The van der Waals surface area contributed by atoms with Crippen LogP contribution in [0.25, 0.3) is 0 Å². The monoisotopic (exact) mass is 337 g/mol. The molecule has 0 atom stereocenters. The van der Waals surface area contributed by atoms with Gasteiger partial charge in [0.2, 0.25) is 5.91 Å². The zero-order valence-corrected chi connectivity index (χ0v) is 15.4. The SMILES string of the molecule is Cc1ccccc1CC(=O)N1CCN(c2ccc(N(C)C)cc2)CC1. The molecule has 0 unspecified atom stereocenters. The number of aryl methyl sites for hydroxylation is 1. The summed E-state index contributed by atoms with van der Waals surface area (Å²) in [6.07, 6.45) is 0.504. The Morgan fingerprint density at radius 2 is 1.60 bits per heavy atom. The Morgan fingerprint density at radius 1 is 0.960 bits per heavy atom. The lowest BCUT2D eigenvalue weighted by Gasteiger charge is -2.36. The van der Waals surface area contributed by atoms with Crippen LogP contribution in [-0.4, -0.2) is 51.1 Å². The van der Waals surface area contributed by atoms with E-state index in [9.17, 15) is 4.79 Å². The highest BCUT2D eigenvalue weighted by atomic mass is 16.2. The van der Waals surface area contributed by atoms with E-state index in [1.54, 1.807) is 0 Å². The summed E-state index contributed by atoms with van der Waals surface area (Å²) >= 11 is 0. The molecule has 3 rings (SSSR count). The topological polar surface area (TPSA) is 26.8 Å². The summed E-state index contributed by atoms with van der Waals surface area (Å²) in [5, 5.41) is 0. The number of amides is 1. The van der Waals surface area contributed by atoms with Gasteiger partial charge in [0.15, 0.2) is 0 Å². The number of benzene rings is 2. The molecule has 0 saturated carbocycles. The molecule has 4 nitrogen and oxygen atoms in total. The first-order valence-electron chi connectivity index (χ1n) is 8.89. The zero-order valence-electron chi connectivity index (χ0n) is 15.4. The molecule has 25 heavy (non-hydrogen) atoms. The third-order valence-electron chi connectivity index (χ3n) is 4.97. The van der Waals surface area contributed by atoms with E-state index >= 15 is 0 Å². The first kappa shape index (κ1) is 17.3. The summed E-state index contributed by atoms with van der Waals surface area (Å²) in [4.78, 5) is 19.0. The van der Waals surface area contributed by atoms with Crippen molar-refractivity contribution in [3.8, 4) is 0 Å². The molecule has 0 radical (unpaired) electrons. The molecule has 0 spiro atoms. The summed E-state index contributed by atoms with van der Waals surface area (Å²) in [6.45, 7) is 5.43. The summed E-state index contributed by atoms with van der Waals surface area (Å²) < 4.78 is 0. The van der Waals surface area contributed by atoms with E-state index in [1.165, 1.54) is 16.9 Å². The van der Waals surface area contributed by atoms with Crippen molar-refractivity contribution < 1.29 is 4.79 Å². The van der Waals surface area contributed by atoms with Gasteiger partial charge in [-0.05, 0) is 42.3 Å². The van der Waals surface area contributed by atoms with Gasteiger partial charge in [0, 0.05) is 51.6 Å². The molecule has 2 aromatic rings. The number of anilines is 2. The van der Waals surface area contributed by atoms with E-state index in [-0.39, 0.29) is 5.91 Å². The van der Waals surface area contributed by atoms with Crippen molar-refractivity contribution in [1.29, 1.82) is 0 Å². The van der Waals surface area contributed by atoms with Gasteiger partial charge in [-0.1, -0.05) is 24.3 Å². The predicted molar refractivity (Wildman–Crippen MR) is 104 cm³/mol. The molecule has 1 saturated heterocycles. The number of piperazine rings is 1. The lowest BCUT2D eigenvalue weighted by molar-refractivity contribution is -0.130. The molecule has 1 heterocycles. The maximum atomic E-state index is 12.6. The van der Waals surface area contributed by atoms with Crippen LogP contribution in [0, 0.1) is 6.92 Å². The molecule has 2 aromatic carbocycles. The highest BCUT2D eigenvalue weighted by Crippen LogP contribution is 2.21. The Hall–Kier alpha value is -2.49. The molecule has 0 aliphatic carbocycles. The number of hydrogen-bond acceptors (Lipinski definition) is 3. The molecule has 132 valence electrons. The number of hydrogen-bond donors (Lipinski definition) is 0. The zero-order chi connectivity index (χ0) is 17.8. The standard InChI is InChI=1S/C21H27N3O/c1-17-6-4-5-7-18(17)16-21(25)24-14-12-23(13-15-24)20-10-8-19(9-11-20)22(2)3/h4-11H,12-16H2,1-3H3. The minimum atomic E-state index is 0.233. The third kappa shape index (κ3) is 4.13. The Balaban J connectivity index is 1.56. The van der Waals surface area contributed by atoms with Gasteiger partial charge >= 0.3 is 0 Å². The second-order valence-electron chi connectivity index (χ2n) is 6.88.